The topological polar surface area (TPSA) is 142 Å². The Labute approximate surface area is 162 Å². The highest BCUT2D eigenvalue weighted by molar-refractivity contribution is 7.86. The van der Waals surface area contributed by atoms with Gasteiger partial charge in [-0.1, -0.05) is 18.2 Å². The Kier molecular flexibility index (Phi) is 11.0. The number of ketones is 1. The first-order valence-electron chi connectivity index (χ1n) is 8.34. The van der Waals surface area contributed by atoms with Gasteiger partial charge in [-0.05, 0) is 12.1 Å². The van der Waals surface area contributed by atoms with Crippen molar-refractivity contribution in [3.05, 3.63) is 30.3 Å². The minimum atomic E-state index is -3.80. The molecule has 0 aliphatic carbocycles. The van der Waals surface area contributed by atoms with Crippen molar-refractivity contribution >= 4 is 27.8 Å². The molecule has 1 aromatic carbocycles. The number of carboxylic acid groups (broad SMARTS) is 1. The number of hydrogen-bond acceptors (Lipinski definition) is 9. The minimum absolute atomic E-state index is 0.0431. The van der Waals surface area contributed by atoms with Gasteiger partial charge in [-0.3, -0.25) is 13.8 Å². The highest BCUT2D eigenvalue weighted by atomic mass is 32.2. The van der Waals surface area contributed by atoms with Crippen LogP contribution in [0.4, 0.5) is 0 Å². The van der Waals surface area contributed by atoms with E-state index in [9.17, 15) is 22.8 Å². The molecule has 0 aliphatic rings. The van der Waals surface area contributed by atoms with E-state index in [1.807, 2.05) is 0 Å². The van der Waals surface area contributed by atoms with Crippen molar-refractivity contribution in [3.8, 4) is 0 Å². The van der Waals surface area contributed by atoms with Crippen LogP contribution in [0, 0.1) is 0 Å². The zero-order valence-electron chi connectivity index (χ0n) is 15.1. The molecule has 0 aromatic heterocycles. The summed E-state index contributed by atoms with van der Waals surface area (Å²) in [6, 6.07) is 7.75. The molecule has 0 atom stereocenters. The Morgan fingerprint density at radius 3 is 2.00 bits per heavy atom. The summed E-state index contributed by atoms with van der Waals surface area (Å²) in [7, 11) is -3.80. The number of hydrogen-bond donors (Lipinski definition) is 1. The summed E-state index contributed by atoms with van der Waals surface area (Å²) in [4.78, 5) is 32.4. The summed E-state index contributed by atoms with van der Waals surface area (Å²) in [6.07, 6.45) is -0.717. The maximum absolute atomic E-state index is 11.8. The van der Waals surface area contributed by atoms with Gasteiger partial charge in [0, 0.05) is 6.42 Å². The molecule has 11 heteroatoms. The SMILES string of the molecule is O=C(CCC(=O)C(=O)O)OCCOCCOCCOS(=O)(=O)c1ccccc1. The van der Waals surface area contributed by atoms with Crippen molar-refractivity contribution in [3.63, 3.8) is 0 Å². The van der Waals surface area contributed by atoms with E-state index in [1.165, 1.54) is 12.1 Å². The van der Waals surface area contributed by atoms with Gasteiger partial charge in [0.15, 0.2) is 0 Å². The van der Waals surface area contributed by atoms with Gasteiger partial charge in [0.05, 0.1) is 44.4 Å². The lowest BCUT2D eigenvalue weighted by atomic mass is 10.2. The average Bonchev–Trinajstić information content (AvgIpc) is 2.68. The number of Topliss-reactive ketones (excluding diaryl/α,β-unsaturated/α-hetero) is 1. The fourth-order valence-electron chi connectivity index (χ4n) is 1.79. The van der Waals surface area contributed by atoms with Crippen LogP contribution in [0.1, 0.15) is 12.8 Å². The number of carbonyl (C=O) groups is 3. The Bertz CT molecular complexity index is 730. The molecule has 0 spiro atoms. The molecule has 0 fully saturated rings. The summed E-state index contributed by atoms with van der Waals surface area (Å²) in [5.41, 5.74) is 0. The normalized spacial score (nSPS) is 11.1. The molecule has 0 aliphatic heterocycles. The quantitative estimate of drug-likeness (QED) is 0.184. The molecule has 1 aromatic rings. The average molecular weight is 418 g/mol. The van der Waals surface area contributed by atoms with Crippen LogP contribution in [0.15, 0.2) is 35.2 Å². The summed E-state index contributed by atoms with van der Waals surface area (Å²) in [6.45, 7) is 0.363. The zero-order valence-corrected chi connectivity index (χ0v) is 15.9. The van der Waals surface area contributed by atoms with Gasteiger partial charge in [0.25, 0.3) is 10.1 Å². The van der Waals surface area contributed by atoms with E-state index in [1.54, 1.807) is 18.2 Å². The summed E-state index contributed by atoms with van der Waals surface area (Å²) in [5, 5.41) is 8.37. The third-order valence-corrected chi connectivity index (χ3v) is 4.48. The molecular weight excluding hydrogens is 396 g/mol. The van der Waals surface area contributed by atoms with E-state index < -0.39 is 34.3 Å². The third-order valence-electron chi connectivity index (χ3n) is 3.16. The first-order valence-corrected chi connectivity index (χ1v) is 9.75. The van der Waals surface area contributed by atoms with Crippen LogP contribution in [-0.2, 0) is 42.9 Å². The molecule has 156 valence electrons. The maximum atomic E-state index is 11.8. The number of aliphatic carboxylic acids is 1. The van der Waals surface area contributed by atoms with Crippen LogP contribution in [-0.4, -0.2) is 70.9 Å². The fraction of sp³-hybridized carbons (Fsp3) is 0.471. The molecule has 0 saturated carbocycles. The van der Waals surface area contributed by atoms with Crippen molar-refractivity contribution in [2.75, 3.05) is 39.6 Å². The van der Waals surface area contributed by atoms with Gasteiger partial charge >= 0.3 is 11.9 Å². The highest BCUT2D eigenvalue weighted by Gasteiger charge is 2.14. The van der Waals surface area contributed by atoms with E-state index in [0.29, 0.717) is 0 Å². The number of esters is 1. The van der Waals surface area contributed by atoms with Gasteiger partial charge in [-0.15, -0.1) is 0 Å². The zero-order chi connectivity index (χ0) is 20.8. The largest absolute Gasteiger partial charge is 0.476 e. The van der Waals surface area contributed by atoms with E-state index >= 15 is 0 Å². The molecule has 10 nitrogen and oxygen atoms in total. The second-order valence-electron chi connectivity index (χ2n) is 5.26. The predicted octanol–water partition coefficient (Wildman–Crippen LogP) is 0.402. The molecule has 28 heavy (non-hydrogen) atoms. The monoisotopic (exact) mass is 418 g/mol. The van der Waals surface area contributed by atoms with Crippen molar-refractivity contribution < 1.29 is 46.3 Å². The van der Waals surface area contributed by atoms with Gasteiger partial charge in [0.2, 0.25) is 5.78 Å². The van der Waals surface area contributed by atoms with Crippen LogP contribution < -0.4 is 0 Å². The summed E-state index contributed by atoms with van der Waals surface area (Å²) < 4.78 is 43.5. The van der Waals surface area contributed by atoms with Gasteiger partial charge in [0.1, 0.15) is 6.61 Å². The van der Waals surface area contributed by atoms with Gasteiger partial charge < -0.3 is 19.3 Å². The summed E-state index contributed by atoms with van der Waals surface area (Å²) in [5.74, 6) is -3.32. The standard InChI is InChI=1S/C17H22O10S/c18-15(17(20)21)6-7-16(19)26-12-10-24-8-9-25-11-13-27-28(22,23)14-4-2-1-3-5-14/h1-5H,6-13H2,(H,20,21). The predicted molar refractivity (Wildman–Crippen MR) is 94.1 cm³/mol. The second-order valence-corrected chi connectivity index (χ2v) is 6.88. The molecule has 0 amide bonds. The van der Waals surface area contributed by atoms with E-state index in [4.69, 9.17) is 23.5 Å². The lowest BCUT2D eigenvalue weighted by Crippen LogP contribution is -2.17. The molecular formula is C17H22O10S. The van der Waals surface area contributed by atoms with Crippen LogP contribution in [0.2, 0.25) is 0 Å². The van der Waals surface area contributed by atoms with Crippen molar-refractivity contribution in [2.24, 2.45) is 0 Å². The Balaban J connectivity index is 1.97. The first-order chi connectivity index (χ1) is 13.3. The smallest absolute Gasteiger partial charge is 0.372 e. The van der Waals surface area contributed by atoms with Crippen LogP contribution in [0.5, 0.6) is 0 Å². The molecule has 1 N–H and O–H groups in total. The highest BCUT2D eigenvalue weighted by Crippen LogP contribution is 2.10. The van der Waals surface area contributed by atoms with Crippen LogP contribution in [0.25, 0.3) is 0 Å². The number of ether oxygens (including phenoxy) is 3. The Morgan fingerprint density at radius 1 is 0.821 bits per heavy atom. The van der Waals surface area contributed by atoms with Crippen LogP contribution in [0.3, 0.4) is 0 Å². The van der Waals surface area contributed by atoms with Gasteiger partial charge in [-0.25, -0.2) is 4.79 Å². The fourth-order valence-corrected chi connectivity index (χ4v) is 2.70. The van der Waals surface area contributed by atoms with Crippen molar-refractivity contribution in [1.82, 2.24) is 0 Å². The minimum Gasteiger partial charge on any atom is -0.476 e. The number of carbonyl (C=O) groups excluding carboxylic acids is 2. The molecule has 0 radical (unpaired) electrons. The molecule has 0 bridgehead atoms. The summed E-state index contributed by atoms with van der Waals surface area (Å²) >= 11 is 0. The number of rotatable bonds is 15. The number of carboxylic acids is 1. The third kappa shape index (κ3) is 10.1. The molecule has 0 heterocycles. The molecule has 1 rings (SSSR count). The van der Waals surface area contributed by atoms with E-state index in [0.717, 1.165) is 0 Å². The van der Waals surface area contributed by atoms with Gasteiger partial charge in [-0.2, -0.15) is 8.42 Å². The lowest BCUT2D eigenvalue weighted by Gasteiger charge is -2.08. The van der Waals surface area contributed by atoms with E-state index in [-0.39, 0.29) is 51.0 Å². The number of benzene rings is 1. The Hall–Kier alpha value is -2.34. The van der Waals surface area contributed by atoms with Crippen molar-refractivity contribution in [1.29, 1.82) is 0 Å². The first kappa shape index (κ1) is 23.7. The lowest BCUT2D eigenvalue weighted by molar-refractivity contribution is -0.151. The second kappa shape index (κ2) is 12.9. The van der Waals surface area contributed by atoms with E-state index in [2.05, 4.69) is 0 Å². The van der Waals surface area contributed by atoms with Crippen molar-refractivity contribution in [2.45, 2.75) is 17.7 Å². The van der Waals surface area contributed by atoms with Crippen LogP contribution >= 0.6 is 0 Å². The molecule has 0 saturated heterocycles. The maximum Gasteiger partial charge on any atom is 0.372 e. The Morgan fingerprint density at radius 2 is 1.39 bits per heavy atom. The molecule has 0 unspecified atom stereocenters.